The summed E-state index contributed by atoms with van der Waals surface area (Å²) in [5.74, 6) is 0.880. The van der Waals surface area contributed by atoms with Crippen molar-refractivity contribution < 1.29 is 9.15 Å². The maximum atomic E-state index is 6.08. The van der Waals surface area contributed by atoms with Crippen LogP contribution >= 0.6 is 0 Å². The zero-order valence-corrected chi connectivity index (χ0v) is 12.0. The molecule has 4 nitrogen and oxygen atoms in total. The molecular formula is C16H24N2O2. The number of piperazine rings is 1. The van der Waals surface area contributed by atoms with Crippen molar-refractivity contribution in [2.24, 2.45) is 5.92 Å². The normalized spacial score (nSPS) is 31.6. The van der Waals surface area contributed by atoms with Crippen LogP contribution in [0.25, 0.3) is 0 Å². The van der Waals surface area contributed by atoms with Crippen LogP contribution in [0.3, 0.4) is 0 Å². The van der Waals surface area contributed by atoms with E-state index in [1.165, 1.54) is 37.9 Å². The van der Waals surface area contributed by atoms with E-state index < -0.39 is 0 Å². The van der Waals surface area contributed by atoms with Gasteiger partial charge in [-0.1, -0.05) is 0 Å². The first-order valence-electron chi connectivity index (χ1n) is 7.96. The fourth-order valence-corrected chi connectivity index (χ4v) is 3.52. The Morgan fingerprint density at radius 2 is 2.20 bits per heavy atom. The summed E-state index contributed by atoms with van der Waals surface area (Å²) < 4.78 is 11.2. The summed E-state index contributed by atoms with van der Waals surface area (Å²) in [7, 11) is 0. The molecule has 0 aromatic carbocycles. The summed E-state index contributed by atoms with van der Waals surface area (Å²) in [6.45, 7) is 6.70. The highest BCUT2D eigenvalue weighted by Gasteiger charge is 2.37. The third-order valence-electron chi connectivity index (χ3n) is 4.91. The molecule has 0 bridgehead atoms. The lowest BCUT2D eigenvalue weighted by Crippen LogP contribution is -2.49. The van der Waals surface area contributed by atoms with Crippen molar-refractivity contribution in [1.29, 1.82) is 0 Å². The van der Waals surface area contributed by atoms with Gasteiger partial charge in [0.2, 0.25) is 0 Å². The summed E-state index contributed by atoms with van der Waals surface area (Å²) >= 11 is 0. The standard InChI is InChI=1S/C16H24N2O2/c1-2-13(1)12-20-16-7-15-9-17(4-5-18(15)10-16)8-14-3-6-19-11-14/h3,6,11,13,15-16H,1-2,4-5,7-10,12H2/t15-,16+/m0/s1. The second-order valence-corrected chi connectivity index (χ2v) is 6.65. The van der Waals surface area contributed by atoms with E-state index in [2.05, 4.69) is 15.9 Å². The maximum Gasteiger partial charge on any atom is 0.0947 e. The van der Waals surface area contributed by atoms with Gasteiger partial charge in [0.15, 0.2) is 0 Å². The molecule has 1 aliphatic carbocycles. The van der Waals surface area contributed by atoms with Crippen LogP contribution in [0.2, 0.25) is 0 Å². The smallest absolute Gasteiger partial charge is 0.0947 e. The molecule has 1 aromatic heterocycles. The van der Waals surface area contributed by atoms with Crippen molar-refractivity contribution >= 4 is 0 Å². The van der Waals surface area contributed by atoms with E-state index >= 15 is 0 Å². The molecule has 4 heteroatoms. The molecule has 3 fully saturated rings. The Morgan fingerprint density at radius 1 is 1.25 bits per heavy atom. The highest BCUT2D eigenvalue weighted by Crippen LogP contribution is 2.31. The molecule has 0 spiro atoms. The Morgan fingerprint density at radius 3 is 3.00 bits per heavy atom. The molecule has 20 heavy (non-hydrogen) atoms. The Bertz CT molecular complexity index is 430. The first kappa shape index (κ1) is 12.9. The van der Waals surface area contributed by atoms with Gasteiger partial charge < -0.3 is 9.15 Å². The second kappa shape index (κ2) is 5.51. The zero-order valence-electron chi connectivity index (χ0n) is 12.0. The van der Waals surface area contributed by atoms with Gasteiger partial charge in [-0.25, -0.2) is 0 Å². The van der Waals surface area contributed by atoms with Crippen LogP contribution in [-0.4, -0.2) is 54.7 Å². The van der Waals surface area contributed by atoms with E-state index in [-0.39, 0.29) is 0 Å². The van der Waals surface area contributed by atoms with Gasteiger partial charge in [0.05, 0.1) is 18.6 Å². The molecule has 110 valence electrons. The van der Waals surface area contributed by atoms with Crippen molar-refractivity contribution in [2.45, 2.75) is 38.0 Å². The molecule has 2 atom stereocenters. The molecule has 4 rings (SSSR count). The number of hydrogen-bond donors (Lipinski definition) is 0. The van der Waals surface area contributed by atoms with Gasteiger partial charge in [0.1, 0.15) is 0 Å². The van der Waals surface area contributed by atoms with Gasteiger partial charge in [-0.15, -0.1) is 0 Å². The van der Waals surface area contributed by atoms with E-state index in [4.69, 9.17) is 9.15 Å². The quantitative estimate of drug-likeness (QED) is 0.822. The minimum atomic E-state index is 0.481. The topological polar surface area (TPSA) is 28.9 Å². The van der Waals surface area contributed by atoms with Crippen molar-refractivity contribution in [3.63, 3.8) is 0 Å². The van der Waals surface area contributed by atoms with Gasteiger partial charge in [-0.3, -0.25) is 9.80 Å². The van der Waals surface area contributed by atoms with Crippen LogP contribution in [0.4, 0.5) is 0 Å². The van der Waals surface area contributed by atoms with Gasteiger partial charge in [0.25, 0.3) is 0 Å². The fraction of sp³-hybridized carbons (Fsp3) is 0.750. The molecule has 1 saturated carbocycles. The monoisotopic (exact) mass is 276 g/mol. The van der Waals surface area contributed by atoms with Gasteiger partial charge in [-0.05, 0) is 31.2 Å². The lowest BCUT2D eigenvalue weighted by molar-refractivity contribution is 0.0508. The van der Waals surface area contributed by atoms with Crippen molar-refractivity contribution in [2.75, 3.05) is 32.8 Å². The largest absolute Gasteiger partial charge is 0.472 e. The zero-order chi connectivity index (χ0) is 13.4. The third-order valence-corrected chi connectivity index (χ3v) is 4.91. The average Bonchev–Trinajstić information content (AvgIpc) is 2.97. The lowest BCUT2D eigenvalue weighted by atomic mass is 10.1. The Balaban J connectivity index is 1.28. The Kier molecular flexibility index (Phi) is 3.54. The number of fused-ring (bicyclic) bond motifs is 1. The summed E-state index contributed by atoms with van der Waals surface area (Å²) in [6.07, 6.45) is 8.10. The van der Waals surface area contributed by atoms with Crippen LogP contribution in [0.1, 0.15) is 24.8 Å². The van der Waals surface area contributed by atoms with E-state index in [0.29, 0.717) is 12.1 Å². The molecule has 3 heterocycles. The number of furan rings is 1. The lowest BCUT2D eigenvalue weighted by Gasteiger charge is -2.37. The molecule has 2 saturated heterocycles. The van der Waals surface area contributed by atoms with Crippen molar-refractivity contribution in [1.82, 2.24) is 9.80 Å². The minimum Gasteiger partial charge on any atom is -0.472 e. The summed E-state index contributed by atoms with van der Waals surface area (Å²) in [4.78, 5) is 5.18. The molecule has 0 amide bonds. The molecule has 0 radical (unpaired) electrons. The number of hydrogen-bond acceptors (Lipinski definition) is 4. The highest BCUT2D eigenvalue weighted by atomic mass is 16.5. The first-order chi connectivity index (χ1) is 9.87. The predicted octanol–water partition coefficient (Wildman–Crippen LogP) is 1.96. The molecule has 0 N–H and O–H groups in total. The Hall–Kier alpha value is -0.840. The predicted molar refractivity (Wildman–Crippen MR) is 76.4 cm³/mol. The number of rotatable bonds is 5. The molecular weight excluding hydrogens is 252 g/mol. The number of nitrogens with zero attached hydrogens (tertiary/aromatic N) is 2. The van der Waals surface area contributed by atoms with E-state index in [9.17, 15) is 0 Å². The number of ether oxygens (including phenoxy) is 1. The van der Waals surface area contributed by atoms with Crippen LogP contribution in [0.15, 0.2) is 23.0 Å². The van der Waals surface area contributed by atoms with E-state index in [1.54, 1.807) is 6.26 Å². The first-order valence-corrected chi connectivity index (χ1v) is 7.96. The average molecular weight is 276 g/mol. The summed E-state index contributed by atoms with van der Waals surface area (Å²) in [5, 5.41) is 0. The van der Waals surface area contributed by atoms with E-state index in [0.717, 1.165) is 32.2 Å². The van der Waals surface area contributed by atoms with Gasteiger partial charge >= 0.3 is 0 Å². The Labute approximate surface area is 120 Å². The third kappa shape index (κ3) is 2.92. The second-order valence-electron chi connectivity index (χ2n) is 6.65. The van der Waals surface area contributed by atoms with Crippen molar-refractivity contribution in [3.8, 4) is 0 Å². The van der Waals surface area contributed by atoms with Crippen LogP contribution in [0.5, 0.6) is 0 Å². The van der Waals surface area contributed by atoms with Crippen LogP contribution in [0, 0.1) is 5.92 Å². The van der Waals surface area contributed by atoms with Crippen LogP contribution in [-0.2, 0) is 11.3 Å². The van der Waals surface area contributed by atoms with Crippen molar-refractivity contribution in [3.05, 3.63) is 24.2 Å². The van der Waals surface area contributed by atoms with Gasteiger partial charge in [-0.2, -0.15) is 0 Å². The molecule has 0 unspecified atom stereocenters. The molecule has 3 aliphatic rings. The van der Waals surface area contributed by atoms with Crippen LogP contribution < -0.4 is 0 Å². The molecule has 1 aromatic rings. The SMILES string of the molecule is c1cc(CN2CCN3C[C@H](OCC4CC4)C[C@H]3C2)co1. The summed E-state index contributed by atoms with van der Waals surface area (Å²) in [6, 6.07) is 2.77. The van der Waals surface area contributed by atoms with E-state index in [1.807, 2.05) is 6.26 Å². The fourth-order valence-electron chi connectivity index (χ4n) is 3.52. The maximum absolute atomic E-state index is 6.08. The summed E-state index contributed by atoms with van der Waals surface area (Å²) in [5.41, 5.74) is 1.29. The highest BCUT2D eigenvalue weighted by molar-refractivity contribution is 5.05. The van der Waals surface area contributed by atoms with Gasteiger partial charge in [0, 0.05) is 50.9 Å². The minimum absolute atomic E-state index is 0.481. The molecule has 2 aliphatic heterocycles.